The van der Waals surface area contributed by atoms with Crippen molar-refractivity contribution in [3.05, 3.63) is 0 Å². The average Bonchev–Trinajstić information content (AvgIpc) is 2.87. The fourth-order valence-electron chi connectivity index (χ4n) is 3.06. The topological polar surface area (TPSA) is 61.8 Å². The molecule has 1 aliphatic heterocycles. The summed E-state index contributed by atoms with van der Waals surface area (Å²) in [5.41, 5.74) is 0. The van der Waals surface area contributed by atoms with Crippen molar-refractivity contribution in [3.8, 4) is 0 Å². The molecule has 0 aromatic heterocycles. The summed E-state index contributed by atoms with van der Waals surface area (Å²) in [6, 6.07) is 0. The Labute approximate surface area is 153 Å². The number of halogens is 1. The lowest BCUT2D eigenvalue weighted by atomic mass is 9.87. The van der Waals surface area contributed by atoms with Crippen LogP contribution in [0.3, 0.4) is 0 Å². The molecule has 0 aliphatic carbocycles. The normalized spacial score (nSPS) is 19.4. The van der Waals surface area contributed by atoms with Gasteiger partial charge in [-0.25, -0.2) is 8.42 Å². The minimum absolute atomic E-state index is 0. The molecule has 1 heterocycles. The molecule has 0 saturated carbocycles. The molecule has 1 saturated heterocycles. The first-order valence-electron chi connectivity index (χ1n) is 8.12. The van der Waals surface area contributed by atoms with Crippen molar-refractivity contribution in [1.29, 1.82) is 0 Å². The third-order valence-electron chi connectivity index (χ3n) is 4.30. The van der Waals surface area contributed by atoms with E-state index in [2.05, 4.69) is 29.1 Å². The molecule has 132 valence electrons. The molecule has 0 bridgehead atoms. The van der Waals surface area contributed by atoms with Crippen LogP contribution in [0.25, 0.3) is 0 Å². The van der Waals surface area contributed by atoms with E-state index in [1.807, 2.05) is 6.92 Å². The molecular formula is C15H32IN3O2S. The molecule has 0 spiro atoms. The standard InChI is InChI=1S/C15H31N3O2S.HI/c1-5-13(6-2)14-8-10-18(12-14)15(16-7-3)17-9-11-21(4,19)20;/h13-14H,5-12H2,1-4H3,(H,16,17);1H. The fraction of sp³-hybridized carbons (Fsp3) is 0.933. The van der Waals surface area contributed by atoms with E-state index in [1.165, 1.54) is 25.5 Å². The van der Waals surface area contributed by atoms with Gasteiger partial charge in [0.15, 0.2) is 5.96 Å². The number of hydrogen-bond acceptors (Lipinski definition) is 3. The Balaban J connectivity index is 0.00000441. The van der Waals surface area contributed by atoms with Crippen LogP contribution < -0.4 is 5.32 Å². The fourth-order valence-corrected chi connectivity index (χ4v) is 3.49. The molecule has 1 fully saturated rings. The predicted molar refractivity (Wildman–Crippen MR) is 105 cm³/mol. The molecule has 1 N–H and O–H groups in total. The Morgan fingerprint density at radius 2 is 1.95 bits per heavy atom. The Kier molecular flexibility index (Phi) is 10.6. The number of rotatable bonds is 7. The third kappa shape index (κ3) is 7.48. The molecule has 0 aromatic carbocycles. The average molecular weight is 445 g/mol. The second-order valence-corrected chi connectivity index (χ2v) is 8.20. The first-order chi connectivity index (χ1) is 9.91. The molecule has 1 aliphatic rings. The molecular weight excluding hydrogens is 413 g/mol. The van der Waals surface area contributed by atoms with Crippen LogP contribution >= 0.6 is 24.0 Å². The van der Waals surface area contributed by atoms with E-state index < -0.39 is 9.84 Å². The van der Waals surface area contributed by atoms with Crippen molar-refractivity contribution in [2.24, 2.45) is 16.8 Å². The van der Waals surface area contributed by atoms with Gasteiger partial charge >= 0.3 is 0 Å². The van der Waals surface area contributed by atoms with Gasteiger partial charge in [0.1, 0.15) is 9.84 Å². The summed E-state index contributed by atoms with van der Waals surface area (Å²) in [6.45, 7) is 9.78. The van der Waals surface area contributed by atoms with Crippen LogP contribution in [0.5, 0.6) is 0 Å². The number of sulfone groups is 1. The monoisotopic (exact) mass is 445 g/mol. The smallest absolute Gasteiger partial charge is 0.193 e. The number of hydrogen-bond donors (Lipinski definition) is 1. The summed E-state index contributed by atoms with van der Waals surface area (Å²) >= 11 is 0. The minimum Gasteiger partial charge on any atom is -0.357 e. The van der Waals surface area contributed by atoms with Gasteiger partial charge in [0.05, 0.1) is 12.3 Å². The van der Waals surface area contributed by atoms with E-state index in [4.69, 9.17) is 0 Å². The van der Waals surface area contributed by atoms with Gasteiger partial charge in [0, 0.05) is 25.9 Å². The first-order valence-corrected chi connectivity index (χ1v) is 10.2. The van der Waals surface area contributed by atoms with E-state index in [0.717, 1.165) is 37.4 Å². The van der Waals surface area contributed by atoms with Gasteiger partial charge in [0.25, 0.3) is 0 Å². The minimum atomic E-state index is -2.94. The molecule has 7 heteroatoms. The molecule has 22 heavy (non-hydrogen) atoms. The lowest BCUT2D eigenvalue weighted by Gasteiger charge is -2.24. The number of aliphatic imine (C=N–C) groups is 1. The Hall–Kier alpha value is -0.0500. The van der Waals surface area contributed by atoms with Crippen LogP contribution in [0, 0.1) is 11.8 Å². The quantitative estimate of drug-likeness (QED) is 0.372. The highest BCUT2D eigenvalue weighted by atomic mass is 127. The molecule has 0 amide bonds. The lowest BCUT2D eigenvalue weighted by molar-refractivity contribution is 0.319. The van der Waals surface area contributed by atoms with E-state index in [-0.39, 0.29) is 29.7 Å². The zero-order chi connectivity index (χ0) is 15.9. The third-order valence-corrected chi connectivity index (χ3v) is 5.22. The summed E-state index contributed by atoms with van der Waals surface area (Å²) in [5, 5.41) is 3.29. The number of nitrogens with one attached hydrogen (secondary N) is 1. The van der Waals surface area contributed by atoms with Gasteiger partial charge in [0.2, 0.25) is 0 Å². The van der Waals surface area contributed by atoms with Gasteiger partial charge in [-0.1, -0.05) is 26.7 Å². The zero-order valence-electron chi connectivity index (χ0n) is 14.3. The van der Waals surface area contributed by atoms with Crippen LogP contribution in [0.2, 0.25) is 0 Å². The van der Waals surface area contributed by atoms with E-state index in [1.54, 1.807) is 0 Å². The molecule has 1 atom stereocenters. The number of guanidine groups is 1. The van der Waals surface area contributed by atoms with Crippen molar-refractivity contribution < 1.29 is 8.42 Å². The highest BCUT2D eigenvalue weighted by Gasteiger charge is 2.29. The second-order valence-electron chi connectivity index (χ2n) is 5.94. The molecule has 0 radical (unpaired) electrons. The van der Waals surface area contributed by atoms with Crippen LogP contribution in [-0.4, -0.2) is 57.5 Å². The Bertz CT molecular complexity index is 436. The maximum Gasteiger partial charge on any atom is 0.193 e. The lowest BCUT2D eigenvalue weighted by Crippen LogP contribution is -2.40. The SMILES string of the molecule is CCNC(=NCCS(C)(=O)=O)N1CCC(C(CC)CC)C1.I. The van der Waals surface area contributed by atoms with Crippen LogP contribution in [0.15, 0.2) is 4.99 Å². The summed E-state index contributed by atoms with van der Waals surface area (Å²) in [6.07, 6.45) is 4.94. The first kappa shape index (κ1) is 21.9. The summed E-state index contributed by atoms with van der Waals surface area (Å²) in [7, 11) is -2.94. The highest BCUT2D eigenvalue weighted by molar-refractivity contribution is 14.0. The van der Waals surface area contributed by atoms with E-state index >= 15 is 0 Å². The van der Waals surface area contributed by atoms with Crippen molar-refractivity contribution in [1.82, 2.24) is 10.2 Å². The van der Waals surface area contributed by atoms with Crippen molar-refractivity contribution in [2.75, 3.05) is 38.2 Å². The summed E-state index contributed by atoms with van der Waals surface area (Å²) in [5.74, 6) is 2.51. The van der Waals surface area contributed by atoms with Crippen molar-refractivity contribution >= 4 is 39.8 Å². The van der Waals surface area contributed by atoms with Crippen LogP contribution in [0.1, 0.15) is 40.0 Å². The second kappa shape index (κ2) is 10.7. The van der Waals surface area contributed by atoms with Crippen LogP contribution in [0.4, 0.5) is 0 Å². The number of likely N-dealkylation sites (tertiary alicyclic amines) is 1. The van der Waals surface area contributed by atoms with Gasteiger partial charge in [-0.15, -0.1) is 24.0 Å². The van der Waals surface area contributed by atoms with Gasteiger partial charge < -0.3 is 10.2 Å². The maximum atomic E-state index is 11.2. The summed E-state index contributed by atoms with van der Waals surface area (Å²) < 4.78 is 22.4. The zero-order valence-corrected chi connectivity index (χ0v) is 17.5. The Morgan fingerprint density at radius 3 is 2.45 bits per heavy atom. The molecule has 1 unspecified atom stereocenters. The number of nitrogens with zero attached hydrogens (tertiary/aromatic N) is 2. The molecule has 0 aromatic rings. The molecule has 1 rings (SSSR count). The van der Waals surface area contributed by atoms with Crippen molar-refractivity contribution in [3.63, 3.8) is 0 Å². The Morgan fingerprint density at radius 1 is 1.32 bits per heavy atom. The predicted octanol–water partition coefficient (Wildman–Crippen LogP) is 2.37. The van der Waals surface area contributed by atoms with E-state index in [9.17, 15) is 8.42 Å². The molecule has 5 nitrogen and oxygen atoms in total. The largest absolute Gasteiger partial charge is 0.357 e. The van der Waals surface area contributed by atoms with Crippen molar-refractivity contribution in [2.45, 2.75) is 40.0 Å². The highest BCUT2D eigenvalue weighted by Crippen LogP contribution is 2.28. The van der Waals surface area contributed by atoms with Gasteiger partial charge in [-0.05, 0) is 25.2 Å². The summed E-state index contributed by atoms with van der Waals surface area (Å²) in [4.78, 5) is 6.77. The van der Waals surface area contributed by atoms with E-state index in [0.29, 0.717) is 6.54 Å². The van der Waals surface area contributed by atoms with Gasteiger partial charge in [-0.2, -0.15) is 0 Å². The van der Waals surface area contributed by atoms with Gasteiger partial charge in [-0.3, -0.25) is 4.99 Å². The maximum absolute atomic E-state index is 11.2. The van der Waals surface area contributed by atoms with Crippen LogP contribution in [-0.2, 0) is 9.84 Å².